The van der Waals surface area contributed by atoms with Crippen LogP contribution in [0.2, 0.25) is 0 Å². The second-order valence-electron chi connectivity index (χ2n) is 8.00. The second kappa shape index (κ2) is 8.75. The molecule has 0 amide bonds. The minimum atomic E-state index is -3.73. The fourth-order valence-corrected chi connectivity index (χ4v) is 5.61. The van der Waals surface area contributed by atoms with Crippen molar-refractivity contribution in [1.29, 1.82) is 0 Å². The molecule has 0 bridgehead atoms. The molecular weight excluding hydrogens is 380 g/mol. The first kappa shape index (κ1) is 21.0. The number of hydrogen-bond donors (Lipinski definition) is 0. The molecule has 1 aliphatic carbocycles. The van der Waals surface area contributed by atoms with E-state index in [1.807, 2.05) is 19.0 Å². The third kappa shape index (κ3) is 4.64. The number of nitrogens with zero attached hydrogens (tertiary/aromatic N) is 4. The van der Waals surface area contributed by atoms with Gasteiger partial charge in [-0.3, -0.25) is 10.1 Å². The Labute approximate surface area is 167 Å². The molecule has 0 unspecified atom stereocenters. The van der Waals surface area contributed by atoms with Gasteiger partial charge < -0.3 is 9.80 Å². The van der Waals surface area contributed by atoms with Gasteiger partial charge in [0.25, 0.3) is 5.69 Å². The molecule has 0 aromatic heterocycles. The minimum Gasteiger partial charge on any atom is -0.369 e. The van der Waals surface area contributed by atoms with Gasteiger partial charge in [-0.15, -0.1) is 0 Å². The molecule has 1 heterocycles. The van der Waals surface area contributed by atoms with E-state index in [9.17, 15) is 18.5 Å². The first-order valence-electron chi connectivity index (χ1n) is 9.97. The maximum Gasteiger partial charge on any atom is 0.293 e. The van der Waals surface area contributed by atoms with E-state index in [0.29, 0.717) is 37.8 Å². The Hall–Kier alpha value is -1.71. The summed E-state index contributed by atoms with van der Waals surface area (Å²) in [7, 11) is 0.0755. The highest BCUT2D eigenvalue weighted by Gasteiger charge is 2.30. The van der Waals surface area contributed by atoms with Gasteiger partial charge in [0.05, 0.1) is 9.82 Å². The van der Waals surface area contributed by atoms with Gasteiger partial charge in [0.15, 0.2) is 0 Å². The van der Waals surface area contributed by atoms with E-state index in [2.05, 4.69) is 4.90 Å². The van der Waals surface area contributed by atoms with Crippen LogP contribution >= 0.6 is 0 Å². The molecule has 0 spiro atoms. The number of anilines is 1. The lowest BCUT2D eigenvalue weighted by atomic mass is 9.89. The number of nitro groups is 1. The van der Waals surface area contributed by atoms with E-state index < -0.39 is 14.9 Å². The molecule has 3 rings (SSSR count). The lowest BCUT2D eigenvalue weighted by Crippen LogP contribution is -2.47. The van der Waals surface area contributed by atoms with Gasteiger partial charge in [-0.2, -0.15) is 4.31 Å². The number of nitro benzene ring substituents is 1. The number of rotatable bonds is 6. The largest absolute Gasteiger partial charge is 0.369 e. The van der Waals surface area contributed by atoms with E-state index in [4.69, 9.17) is 0 Å². The maximum atomic E-state index is 12.9. The molecule has 0 radical (unpaired) electrons. The lowest BCUT2D eigenvalue weighted by molar-refractivity contribution is -0.384. The number of likely N-dealkylation sites (N-methyl/N-ethyl adjacent to an activating group) is 1. The number of sulfonamides is 1. The van der Waals surface area contributed by atoms with Gasteiger partial charge in [0, 0.05) is 45.8 Å². The lowest BCUT2D eigenvalue weighted by Gasteiger charge is -2.31. The van der Waals surface area contributed by atoms with Crippen LogP contribution in [0, 0.1) is 16.0 Å². The van der Waals surface area contributed by atoms with Gasteiger partial charge in [-0.05, 0) is 37.9 Å². The van der Waals surface area contributed by atoms with Crippen molar-refractivity contribution in [3.8, 4) is 0 Å². The summed E-state index contributed by atoms with van der Waals surface area (Å²) in [6, 6.07) is 4.32. The van der Waals surface area contributed by atoms with Crippen molar-refractivity contribution in [2.24, 2.45) is 5.92 Å². The quantitative estimate of drug-likeness (QED) is 0.529. The second-order valence-corrected chi connectivity index (χ2v) is 9.94. The third-order valence-corrected chi connectivity index (χ3v) is 7.81. The Kier molecular flexibility index (Phi) is 6.57. The molecular formula is C19H30N4O4S. The van der Waals surface area contributed by atoms with E-state index in [1.165, 1.54) is 35.7 Å². The first-order chi connectivity index (χ1) is 13.3. The van der Waals surface area contributed by atoms with Crippen molar-refractivity contribution >= 4 is 21.4 Å². The SMILES string of the molecule is CN1CCN(S(=O)(=O)c2ccc(N(C)CC3CCCCC3)c([N+](=O)[O-])c2)CC1. The summed E-state index contributed by atoms with van der Waals surface area (Å²) in [5, 5.41) is 11.7. The average molecular weight is 411 g/mol. The zero-order valence-electron chi connectivity index (χ0n) is 16.7. The summed E-state index contributed by atoms with van der Waals surface area (Å²) in [6.45, 7) is 2.87. The molecule has 1 aromatic carbocycles. The summed E-state index contributed by atoms with van der Waals surface area (Å²) in [5.74, 6) is 0.534. The van der Waals surface area contributed by atoms with Gasteiger partial charge in [0.2, 0.25) is 10.0 Å². The van der Waals surface area contributed by atoms with Crippen molar-refractivity contribution in [2.75, 3.05) is 51.7 Å². The number of piperazine rings is 1. The van der Waals surface area contributed by atoms with Crippen molar-refractivity contribution in [2.45, 2.75) is 37.0 Å². The highest BCUT2D eigenvalue weighted by Crippen LogP contribution is 2.33. The summed E-state index contributed by atoms with van der Waals surface area (Å²) in [5.41, 5.74) is 0.335. The maximum absolute atomic E-state index is 12.9. The molecule has 1 saturated carbocycles. The fourth-order valence-electron chi connectivity index (χ4n) is 4.17. The standard InChI is InChI=1S/C19H30N4O4S/c1-20-10-12-22(13-11-20)28(26,27)17-8-9-18(19(14-17)23(24)25)21(2)15-16-6-4-3-5-7-16/h8-9,14,16H,3-7,10-13,15H2,1-2H3. The van der Waals surface area contributed by atoms with Crippen LogP contribution in [-0.4, -0.2) is 69.4 Å². The monoisotopic (exact) mass is 410 g/mol. The van der Waals surface area contributed by atoms with E-state index in [-0.39, 0.29) is 10.6 Å². The van der Waals surface area contributed by atoms with E-state index in [0.717, 1.165) is 19.4 Å². The van der Waals surface area contributed by atoms with Gasteiger partial charge in [-0.1, -0.05) is 19.3 Å². The smallest absolute Gasteiger partial charge is 0.293 e. The summed E-state index contributed by atoms with van der Waals surface area (Å²) in [4.78, 5) is 15.2. The molecule has 28 heavy (non-hydrogen) atoms. The highest BCUT2D eigenvalue weighted by molar-refractivity contribution is 7.89. The van der Waals surface area contributed by atoms with Crippen LogP contribution in [-0.2, 0) is 10.0 Å². The zero-order valence-corrected chi connectivity index (χ0v) is 17.5. The van der Waals surface area contributed by atoms with Crippen LogP contribution in [0.5, 0.6) is 0 Å². The summed E-state index contributed by atoms with van der Waals surface area (Å²) in [6.07, 6.45) is 5.98. The van der Waals surface area contributed by atoms with E-state index in [1.54, 1.807) is 6.07 Å². The Morgan fingerprint density at radius 3 is 2.39 bits per heavy atom. The Bertz CT molecular complexity index is 800. The molecule has 1 aliphatic heterocycles. The van der Waals surface area contributed by atoms with Gasteiger partial charge >= 0.3 is 0 Å². The third-order valence-electron chi connectivity index (χ3n) is 5.91. The molecule has 0 atom stereocenters. The summed E-state index contributed by atoms with van der Waals surface area (Å²) >= 11 is 0. The van der Waals surface area contributed by atoms with Crippen LogP contribution in [0.25, 0.3) is 0 Å². The topological polar surface area (TPSA) is 87.0 Å². The highest BCUT2D eigenvalue weighted by atomic mass is 32.2. The van der Waals surface area contributed by atoms with Crippen LogP contribution in [0.1, 0.15) is 32.1 Å². The normalized spacial score (nSPS) is 20.2. The molecule has 1 aromatic rings. The number of hydrogen-bond acceptors (Lipinski definition) is 6. The van der Waals surface area contributed by atoms with Crippen LogP contribution in [0.15, 0.2) is 23.1 Å². The first-order valence-corrected chi connectivity index (χ1v) is 11.4. The fraction of sp³-hybridized carbons (Fsp3) is 0.684. The Morgan fingerprint density at radius 1 is 1.14 bits per heavy atom. The van der Waals surface area contributed by atoms with Crippen LogP contribution < -0.4 is 4.90 Å². The molecule has 9 heteroatoms. The average Bonchev–Trinajstić information content (AvgIpc) is 2.68. The molecule has 1 saturated heterocycles. The van der Waals surface area contributed by atoms with Crippen molar-refractivity contribution in [3.63, 3.8) is 0 Å². The Balaban J connectivity index is 1.83. The molecule has 0 N–H and O–H groups in total. The predicted molar refractivity (Wildman–Crippen MR) is 109 cm³/mol. The van der Waals surface area contributed by atoms with Gasteiger partial charge in [-0.25, -0.2) is 8.42 Å². The van der Waals surface area contributed by atoms with Crippen molar-refractivity contribution in [3.05, 3.63) is 28.3 Å². The van der Waals surface area contributed by atoms with Gasteiger partial charge in [0.1, 0.15) is 5.69 Å². The predicted octanol–water partition coefficient (Wildman–Crippen LogP) is 2.55. The van der Waals surface area contributed by atoms with Crippen molar-refractivity contribution < 1.29 is 13.3 Å². The molecule has 8 nitrogen and oxygen atoms in total. The minimum absolute atomic E-state index is 0.00132. The van der Waals surface area contributed by atoms with Crippen LogP contribution in [0.4, 0.5) is 11.4 Å². The summed E-state index contributed by atoms with van der Waals surface area (Å²) < 4.78 is 27.3. The van der Waals surface area contributed by atoms with Crippen LogP contribution in [0.3, 0.4) is 0 Å². The molecule has 156 valence electrons. The molecule has 2 fully saturated rings. The van der Waals surface area contributed by atoms with E-state index >= 15 is 0 Å². The Morgan fingerprint density at radius 2 is 1.79 bits per heavy atom. The zero-order chi connectivity index (χ0) is 20.3. The van der Waals surface area contributed by atoms with Crippen molar-refractivity contribution in [1.82, 2.24) is 9.21 Å². The molecule has 2 aliphatic rings. The number of benzene rings is 1.